The van der Waals surface area contributed by atoms with E-state index in [1.807, 2.05) is 11.8 Å². The second-order valence-corrected chi connectivity index (χ2v) is 5.37. The molecule has 2 rings (SSSR count). The first-order valence-electron chi connectivity index (χ1n) is 6.42. The molecule has 1 amide bonds. The van der Waals surface area contributed by atoms with Gasteiger partial charge in [-0.15, -0.1) is 0 Å². The van der Waals surface area contributed by atoms with E-state index in [-0.39, 0.29) is 17.5 Å². The van der Waals surface area contributed by atoms with Crippen molar-refractivity contribution in [3.8, 4) is 0 Å². The Kier molecular flexibility index (Phi) is 3.50. The molecule has 2 aliphatic heterocycles. The van der Waals surface area contributed by atoms with E-state index in [2.05, 4.69) is 5.32 Å². The molecule has 2 aliphatic rings. The number of piperidine rings is 2. The summed E-state index contributed by atoms with van der Waals surface area (Å²) in [5.41, 5.74) is 5.58. The van der Waals surface area contributed by atoms with Crippen LogP contribution in [0.15, 0.2) is 0 Å². The average molecular weight is 225 g/mol. The number of hydrogen-bond acceptors (Lipinski definition) is 3. The standard InChI is InChI=1S/C12H23N3O/c1-12(6-2-3-7-14-12)11(16)15-8-4-5-10(13)9-15/h10,14H,2-9,13H2,1H3. The topological polar surface area (TPSA) is 58.4 Å². The van der Waals surface area contributed by atoms with Crippen LogP contribution < -0.4 is 11.1 Å². The van der Waals surface area contributed by atoms with Crippen molar-refractivity contribution in [2.24, 2.45) is 5.73 Å². The fraction of sp³-hybridized carbons (Fsp3) is 0.917. The van der Waals surface area contributed by atoms with Crippen LogP contribution in [0.1, 0.15) is 39.0 Å². The Hall–Kier alpha value is -0.610. The van der Waals surface area contributed by atoms with Crippen molar-refractivity contribution in [2.45, 2.75) is 50.6 Å². The SMILES string of the molecule is CC1(C(=O)N2CCCC(N)C2)CCCCN1. The highest BCUT2D eigenvalue weighted by Crippen LogP contribution is 2.23. The van der Waals surface area contributed by atoms with Gasteiger partial charge in [-0.3, -0.25) is 4.79 Å². The summed E-state index contributed by atoms with van der Waals surface area (Å²) in [6.07, 6.45) is 5.38. The van der Waals surface area contributed by atoms with E-state index in [4.69, 9.17) is 5.73 Å². The number of nitrogens with one attached hydrogen (secondary N) is 1. The van der Waals surface area contributed by atoms with E-state index < -0.39 is 0 Å². The number of hydrogen-bond donors (Lipinski definition) is 2. The molecule has 2 saturated heterocycles. The summed E-state index contributed by atoms with van der Waals surface area (Å²) >= 11 is 0. The third-order valence-electron chi connectivity index (χ3n) is 3.84. The quantitative estimate of drug-likeness (QED) is 0.682. The molecule has 2 heterocycles. The third-order valence-corrected chi connectivity index (χ3v) is 3.84. The smallest absolute Gasteiger partial charge is 0.242 e. The van der Waals surface area contributed by atoms with Crippen molar-refractivity contribution in [1.82, 2.24) is 10.2 Å². The van der Waals surface area contributed by atoms with E-state index in [9.17, 15) is 4.79 Å². The van der Waals surface area contributed by atoms with Crippen LogP contribution in [0.5, 0.6) is 0 Å². The summed E-state index contributed by atoms with van der Waals surface area (Å²) in [5.74, 6) is 0.252. The molecule has 0 bridgehead atoms. The van der Waals surface area contributed by atoms with E-state index in [0.717, 1.165) is 45.3 Å². The van der Waals surface area contributed by atoms with Crippen molar-refractivity contribution in [2.75, 3.05) is 19.6 Å². The number of likely N-dealkylation sites (tertiary alicyclic amines) is 1. The maximum absolute atomic E-state index is 12.4. The van der Waals surface area contributed by atoms with Crippen LogP contribution in [-0.4, -0.2) is 42.0 Å². The highest BCUT2D eigenvalue weighted by Gasteiger charge is 2.38. The molecule has 0 radical (unpaired) electrons. The van der Waals surface area contributed by atoms with Gasteiger partial charge in [-0.05, 0) is 45.6 Å². The van der Waals surface area contributed by atoms with Gasteiger partial charge in [-0.1, -0.05) is 0 Å². The number of nitrogens with two attached hydrogens (primary N) is 1. The van der Waals surface area contributed by atoms with Gasteiger partial charge in [0.05, 0.1) is 5.54 Å². The zero-order valence-corrected chi connectivity index (χ0v) is 10.2. The third kappa shape index (κ3) is 2.38. The molecule has 4 nitrogen and oxygen atoms in total. The van der Waals surface area contributed by atoms with Gasteiger partial charge in [-0.25, -0.2) is 0 Å². The second kappa shape index (κ2) is 4.72. The summed E-state index contributed by atoms with van der Waals surface area (Å²) < 4.78 is 0. The van der Waals surface area contributed by atoms with Crippen LogP contribution in [0.3, 0.4) is 0 Å². The normalized spacial score (nSPS) is 36.1. The first-order chi connectivity index (χ1) is 7.62. The molecule has 2 fully saturated rings. The molecule has 92 valence electrons. The summed E-state index contributed by atoms with van der Waals surface area (Å²) in [6, 6.07) is 0.171. The van der Waals surface area contributed by atoms with Crippen LogP contribution >= 0.6 is 0 Å². The molecule has 4 heteroatoms. The van der Waals surface area contributed by atoms with E-state index in [1.165, 1.54) is 6.42 Å². The number of nitrogens with zero attached hydrogens (tertiary/aromatic N) is 1. The number of carbonyl (C=O) groups is 1. The first kappa shape index (κ1) is 11.9. The van der Waals surface area contributed by atoms with E-state index in [1.54, 1.807) is 0 Å². The average Bonchev–Trinajstić information content (AvgIpc) is 2.29. The van der Waals surface area contributed by atoms with Crippen LogP contribution in [0.2, 0.25) is 0 Å². The highest BCUT2D eigenvalue weighted by atomic mass is 16.2. The first-order valence-corrected chi connectivity index (χ1v) is 6.42. The largest absolute Gasteiger partial charge is 0.340 e. The van der Waals surface area contributed by atoms with Crippen molar-refractivity contribution >= 4 is 5.91 Å². The molecule has 0 saturated carbocycles. The van der Waals surface area contributed by atoms with Crippen molar-refractivity contribution in [3.05, 3.63) is 0 Å². The number of amides is 1. The maximum Gasteiger partial charge on any atom is 0.242 e. The zero-order chi connectivity index (χ0) is 11.6. The van der Waals surface area contributed by atoms with Gasteiger partial charge in [-0.2, -0.15) is 0 Å². The molecule has 16 heavy (non-hydrogen) atoms. The van der Waals surface area contributed by atoms with E-state index in [0.29, 0.717) is 0 Å². The Balaban J connectivity index is 1.99. The summed E-state index contributed by atoms with van der Waals surface area (Å²) in [7, 11) is 0. The molecule has 3 N–H and O–H groups in total. The lowest BCUT2D eigenvalue weighted by Crippen LogP contribution is -2.60. The minimum Gasteiger partial charge on any atom is -0.340 e. The lowest BCUT2D eigenvalue weighted by molar-refractivity contribution is -0.140. The monoisotopic (exact) mass is 225 g/mol. The van der Waals surface area contributed by atoms with Gasteiger partial charge < -0.3 is 16.0 Å². The Bertz CT molecular complexity index is 261. The Morgan fingerprint density at radius 2 is 2.25 bits per heavy atom. The molecule has 2 unspecified atom stereocenters. The lowest BCUT2D eigenvalue weighted by atomic mass is 9.88. The molecule has 0 aliphatic carbocycles. The van der Waals surface area contributed by atoms with Crippen LogP contribution in [0, 0.1) is 0 Å². The summed E-state index contributed by atoms with van der Waals surface area (Å²) in [4.78, 5) is 14.4. The lowest BCUT2D eigenvalue weighted by Gasteiger charge is -2.40. The highest BCUT2D eigenvalue weighted by molar-refractivity contribution is 5.86. The van der Waals surface area contributed by atoms with Gasteiger partial charge in [0, 0.05) is 19.1 Å². The predicted molar refractivity (Wildman–Crippen MR) is 64.0 cm³/mol. The van der Waals surface area contributed by atoms with Crippen molar-refractivity contribution < 1.29 is 4.79 Å². The van der Waals surface area contributed by atoms with Gasteiger partial charge >= 0.3 is 0 Å². The van der Waals surface area contributed by atoms with Gasteiger partial charge in [0.15, 0.2) is 0 Å². The van der Waals surface area contributed by atoms with Gasteiger partial charge in [0.25, 0.3) is 0 Å². The van der Waals surface area contributed by atoms with E-state index >= 15 is 0 Å². The summed E-state index contributed by atoms with van der Waals surface area (Å²) in [6.45, 7) is 4.61. The molecule has 0 aromatic carbocycles. The summed E-state index contributed by atoms with van der Waals surface area (Å²) in [5, 5.41) is 3.38. The minimum atomic E-state index is -0.338. The fourth-order valence-corrected chi connectivity index (χ4v) is 2.78. The Morgan fingerprint density at radius 3 is 2.88 bits per heavy atom. The number of carbonyl (C=O) groups excluding carboxylic acids is 1. The molecule has 0 aromatic heterocycles. The molecule has 0 aromatic rings. The number of rotatable bonds is 1. The Labute approximate surface area is 97.6 Å². The van der Waals surface area contributed by atoms with Crippen molar-refractivity contribution in [3.63, 3.8) is 0 Å². The predicted octanol–water partition coefficient (Wildman–Crippen LogP) is 0.468. The molecular weight excluding hydrogens is 202 g/mol. The van der Waals surface area contributed by atoms with Crippen LogP contribution in [-0.2, 0) is 4.79 Å². The Morgan fingerprint density at radius 1 is 1.44 bits per heavy atom. The zero-order valence-electron chi connectivity index (χ0n) is 10.2. The molecular formula is C12H23N3O. The van der Waals surface area contributed by atoms with Gasteiger partial charge in [0.2, 0.25) is 5.91 Å². The van der Waals surface area contributed by atoms with Crippen LogP contribution in [0.4, 0.5) is 0 Å². The molecule has 2 atom stereocenters. The maximum atomic E-state index is 12.4. The van der Waals surface area contributed by atoms with Gasteiger partial charge in [0.1, 0.15) is 0 Å². The second-order valence-electron chi connectivity index (χ2n) is 5.37. The van der Waals surface area contributed by atoms with Crippen molar-refractivity contribution in [1.29, 1.82) is 0 Å². The van der Waals surface area contributed by atoms with Crippen LogP contribution in [0.25, 0.3) is 0 Å². The fourth-order valence-electron chi connectivity index (χ4n) is 2.78. The molecule has 0 spiro atoms. The minimum absolute atomic E-state index is 0.171.